The summed E-state index contributed by atoms with van der Waals surface area (Å²) < 4.78 is 5.98. The highest BCUT2D eigenvalue weighted by atomic mass is 16.5. The SMILES string of the molecule is O=C(N/N=C\c1cccc(OCc2cccc3ccccc23)c1)c1ccc(O)cc1. The van der Waals surface area contributed by atoms with Gasteiger partial charge in [0.25, 0.3) is 5.91 Å². The zero-order chi connectivity index (χ0) is 20.8. The summed E-state index contributed by atoms with van der Waals surface area (Å²) in [6.45, 7) is 0.458. The number of nitrogens with zero attached hydrogens (tertiary/aromatic N) is 1. The maximum atomic E-state index is 12.0. The third-order valence-electron chi connectivity index (χ3n) is 4.64. The smallest absolute Gasteiger partial charge is 0.271 e. The molecule has 0 aliphatic rings. The van der Waals surface area contributed by atoms with Crippen molar-refractivity contribution < 1.29 is 14.6 Å². The number of phenolic OH excluding ortho intramolecular Hbond substituents is 1. The predicted octanol–water partition coefficient (Wildman–Crippen LogP) is 4.89. The van der Waals surface area contributed by atoms with E-state index in [1.54, 1.807) is 6.21 Å². The fraction of sp³-hybridized carbons (Fsp3) is 0.0400. The normalized spacial score (nSPS) is 10.9. The maximum Gasteiger partial charge on any atom is 0.271 e. The molecule has 4 rings (SSSR count). The number of hydrazone groups is 1. The summed E-state index contributed by atoms with van der Waals surface area (Å²) in [5, 5.41) is 15.6. The number of phenols is 1. The van der Waals surface area contributed by atoms with Gasteiger partial charge in [-0.05, 0) is 58.3 Å². The highest BCUT2D eigenvalue weighted by Crippen LogP contribution is 2.21. The van der Waals surface area contributed by atoms with Gasteiger partial charge in [0.1, 0.15) is 18.1 Å². The minimum Gasteiger partial charge on any atom is -0.508 e. The topological polar surface area (TPSA) is 70.9 Å². The van der Waals surface area contributed by atoms with Gasteiger partial charge in [-0.1, -0.05) is 54.6 Å². The first-order chi connectivity index (χ1) is 14.7. The van der Waals surface area contributed by atoms with E-state index in [1.807, 2.05) is 42.5 Å². The van der Waals surface area contributed by atoms with Crippen molar-refractivity contribution in [2.75, 3.05) is 0 Å². The predicted molar refractivity (Wildman–Crippen MR) is 118 cm³/mol. The van der Waals surface area contributed by atoms with Gasteiger partial charge in [0.15, 0.2) is 0 Å². The summed E-state index contributed by atoms with van der Waals surface area (Å²) in [7, 11) is 0. The second-order valence-electron chi connectivity index (χ2n) is 6.75. The maximum absolute atomic E-state index is 12.0. The van der Waals surface area contributed by atoms with Crippen LogP contribution in [0.4, 0.5) is 0 Å². The summed E-state index contributed by atoms with van der Waals surface area (Å²) in [4.78, 5) is 12.0. The highest BCUT2D eigenvalue weighted by Gasteiger charge is 2.04. The second kappa shape index (κ2) is 8.92. The minimum atomic E-state index is -0.352. The second-order valence-corrected chi connectivity index (χ2v) is 6.75. The summed E-state index contributed by atoms with van der Waals surface area (Å²) in [6.07, 6.45) is 1.56. The summed E-state index contributed by atoms with van der Waals surface area (Å²) in [5.74, 6) is 0.474. The van der Waals surface area contributed by atoms with Crippen molar-refractivity contribution in [3.05, 3.63) is 108 Å². The molecule has 4 aromatic rings. The molecule has 30 heavy (non-hydrogen) atoms. The van der Waals surface area contributed by atoms with E-state index >= 15 is 0 Å². The molecule has 0 atom stereocenters. The fourth-order valence-corrected chi connectivity index (χ4v) is 3.11. The van der Waals surface area contributed by atoms with Gasteiger partial charge in [0, 0.05) is 5.56 Å². The van der Waals surface area contributed by atoms with Crippen molar-refractivity contribution in [1.82, 2.24) is 5.43 Å². The molecule has 0 aliphatic heterocycles. The van der Waals surface area contributed by atoms with Crippen molar-refractivity contribution in [3.8, 4) is 11.5 Å². The van der Waals surface area contributed by atoms with Crippen LogP contribution in [-0.4, -0.2) is 17.2 Å². The van der Waals surface area contributed by atoms with Gasteiger partial charge in [-0.2, -0.15) is 5.10 Å². The van der Waals surface area contributed by atoms with Crippen molar-refractivity contribution in [3.63, 3.8) is 0 Å². The number of ether oxygens (including phenoxy) is 1. The van der Waals surface area contributed by atoms with Gasteiger partial charge in [-0.15, -0.1) is 0 Å². The van der Waals surface area contributed by atoms with Crippen LogP contribution < -0.4 is 10.2 Å². The van der Waals surface area contributed by atoms with E-state index < -0.39 is 0 Å². The molecule has 5 nitrogen and oxygen atoms in total. The average molecular weight is 396 g/mol. The van der Waals surface area contributed by atoms with E-state index in [0.717, 1.165) is 16.9 Å². The van der Waals surface area contributed by atoms with Gasteiger partial charge in [0.2, 0.25) is 0 Å². The molecule has 0 aromatic heterocycles. The third-order valence-corrected chi connectivity index (χ3v) is 4.64. The largest absolute Gasteiger partial charge is 0.508 e. The van der Waals surface area contributed by atoms with Crippen LogP contribution in [0, 0.1) is 0 Å². The number of carbonyl (C=O) groups is 1. The Morgan fingerprint density at radius 1 is 0.933 bits per heavy atom. The lowest BCUT2D eigenvalue weighted by molar-refractivity contribution is 0.0955. The Hall–Kier alpha value is -4.12. The van der Waals surface area contributed by atoms with Crippen molar-refractivity contribution in [2.45, 2.75) is 6.61 Å². The molecule has 5 heteroatoms. The molecule has 1 amide bonds. The lowest BCUT2D eigenvalue weighted by Gasteiger charge is -2.09. The van der Waals surface area contributed by atoms with Crippen LogP contribution >= 0.6 is 0 Å². The number of hydrogen-bond acceptors (Lipinski definition) is 4. The molecule has 0 saturated carbocycles. The Morgan fingerprint density at radius 2 is 1.70 bits per heavy atom. The first-order valence-corrected chi connectivity index (χ1v) is 9.51. The number of nitrogens with one attached hydrogen (secondary N) is 1. The van der Waals surface area contributed by atoms with E-state index in [-0.39, 0.29) is 11.7 Å². The van der Waals surface area contributed by atoms with Crippen LogP contribution in [-0.2, 0) is 6.61 Å². The van der Waals surface area contributed by atoms with Crippen LogP contribution in [0.15, 0.2) is 96.1 Å². The minimum absolute atomic E-state index is 0.107. The number of fused-ring (bicyclic) bond motifs is 1. The first kappa shape index (κ1) is 19.2. The lowest BCUT2D eigenvalue weighted by Crippen LogP contribution is -2.17. The number of hydrogen-bond donors (Lipinski definition) is 2. The zero-order valence-electron chi connectivity index (χ0n) is 16.2. The van der Waals surface area contributed by atoms with E-state index in [2.05, 4.69) is 34.8 Å². The van der Waals surface area contributed by atoms with Crippen LogP contribution in [0.2, 0.25) is 0 Å². The van der Waals surface area contributed by atoms with Gasteiger partial charge in [0.05, 0.1) is 6.21 Å². The average Bonchev–Trinajstić information content (AvgIpc) is 2.78. The Bertz CT molecular complexity index is 1200. The number of benzene rings is 4. The standard InChI is InChI=1S/C25H20N2O3/c28-22-13-11-20(12-14-22)25(29)27-26-16-18-5-3-9-23(15-18)30-17-21-8-4-7-19-6-1-2-10-24(19)21/h1-16,28H,17H2,(H,27,29)/b26-16-. The molecule has 0 unspecified atom stereocenters. The molecule has 0 saturated heterocycles. The summed E-state index contributed by atoms with van der Waals surface area (Å²) in [6, 6.07) is 27.9. The molecule has 0 heterocycles. The third kappa shape index (κ3) is 4.64. The zero-order valence-corrected chi connectivity index (χ0v) is 16.2. The molecule has 0 fully saturated rings. The molecule has 0 spiro atoms. The summed E-state index contributed by atoms with van der Waals surface area (Å²) >= 11 is 0. The quantitative estimate of drug-likeness (QED) is 0.360. The van der Waals surface area contributed by atoms with E-state index in [9.17, 15) is 9.90 Å². The molecular formula is C25H20N2O3. The molecule has 2 N–H and O–H groups in total. The number of carbonyl (C=O) groups excluding carboxylic acids is 1. The van der Waals surface area contributed by atoms with E-state index in [1.165, 1.54) is 35.0 Å². The van der Waals surface area contributed by atoms with E-state index in [4.69, 9.17) is 4.74 Å². The molecule has 148 valence electrons. The molecule has 4 aromatic carbocycles. The van der Waals surface area contributed by atoms with Gasteiger partial charge in [-0.3, -0.25) is 4.79 Å². The van der Waals surface area contributed by atoms with Gasteiger partial charge >= 0.3 is 0 Å². The Morgan fingerprint density at radius 3 is 2.57 bits per heavy atom. The highest BCUT2D eigenvalue weighted by molar-refractivity contribution is 5.95. The Kier molecular flexibility index (Phi) is 5.71. The lowest BCUT2D eigenvalue weighted by atomic mass is 10.1. The summed E-state index contributed by atoms with van der Waals surface area (Å²) in [5.41, 5.74) is 4.81. The van der Waals surface area contributed by atoms with Crippen molar-refractivity contribution in [2.24, 2.45) is 5.10 Å². The van der Waals surface area contributed by atoms with Crippen LogP contribution in [0.25, 0.3) is 10.8 Å². The Balaban J connectivity index is 1.39. The van der Waals surface area contributed by atoms with Gasteiger partial charge < -0.3 is 9.84 Å². The van der Waals surface area contributed by atoms with Crippen molar-refractivity contribution in [1.29, 1.82) is 0 Å². The Labute approximate surface area is 174 Å². The van der Waals surface area contributed by atoms with Crippen molar-refractivity contribution >= 4 is 22.9 Å². The molecule has 0 aliphatic carbocycles. The number of amides is 1. The fourth-order valence-electron chi connectivity index (χ4n) is 3.11. The number of aromatic hydroxyl groups is 1. The molecule has 0 bridgehead atoms. The van der Waals surface area contributed by atoms with Crippen LogP contribution in [0.3, 0.4) is 0 Å². The van der Waals surface area contributed by atoms with Crippen LogP contribution in [0.1, 0.15) is 21.5 Å². The first-order valence-electron chi connectivity index (χ1n) is 9.51. The molecule has 0 radical (unpaired) electrons. The van der Waals surface area contributed by atoms with E-state index in [0.29, 0.717) is 12.2 Å². The van der Waals surface area contributed by atoms with Crippen LogP contribution in [0.5, 0.6) is 11.5 Å². The number of rotatable bonds is 6. The molecular weight excluding hydrogens is 376 g/mol. The van der Waals surface area contributed by atoms with Gasteiger partial charge in [-0.25, -0.2) is 5.43 Å². The monoisotopic (exact) mass is 396 g/mol.